The Morgan fingerprint density at radius 2 is 2.07 bits per heavy atom. The van der Waals surface area contributed by atoms with Gasteiger partial charge in [0.25, 0.3) is 0 Å². The summed E-state index contributed by atoms with van der Waals surface area (Å²) in [5, 5.41) is 0. The maximum Gasteiger partial charge on any atom is 0.204 e. The minimum absolute atomic E-state index is 0.0452. The molecule has 0 atom stereocenters. The van der Waals surface area contributed by atoms with Crippen molar-refractivity contribution in [3.8, 4) is 0 Å². The molecule has 2 rings (SSSR count). The maximum absolute atomic E-state index is 12.0. The molecule has 0 saturated carbocycles. The first-order valence-electron chi connectivity index (χ1n) is 4.56. The van der Waals surface area contributed by atoms with Crippen molar-refractivity contribution in [3.05, 3.63) is 34.2 Å². The number of aldehydes is 1. The second-order valence-corrected chi connectivity index (χ2v) is 5.42. The minimum Gasteiger partial charge on any atom is -0.303 e. The zero-order valence-corrected chi connectivity index (χ0v) is 9.04. The van der Waals surface area contributed by atoms with Crippen LogP contribution in [0.2, 0.25) is 0 Å². The number of carbonyl (C=O) groups excluding carboxylic acids is 1. The summed E-state index contributed by atoms with van der Waals surface area (Å²) in [5.74, 6) is 0. The smallest absolute Gasteiger partial charge is 0.204 e. The first-order valence-corrected chi connectivity index (χ1v) is 6.04. The second kappa shape index (κ2) is 3.31. The number of rotatable bonds is 2. The molecule has 0 spiro atoms. The fraction of sp³-hybridized carbons (Fsp3) is 0.182. The SMILES string of the molecule is Cc1cccc2c1S(=O)(=O)C(CC=O)=C2. The zero-order chi connectivity index (χ0) is 11.1. The molecule has 0 amide bonds. The summed E-state index contributed by atoms with van der Waals surface area (Å²) in [5.41, 5.74) is 1.41. The summed E-state index contributed by atoms with van der Waals surface area (Å²) in [4.78, 5) is 10.9. The Bertz CT molecular complexity index is 553. The predicted molar refractivity (Wildman–Crippen MR) is 57.0 cm³/mol. The highest BCUT2D eigenvalue weighted by Gasteiger charge is 2.30. The molecule has 1 aliphatic rings. The zero-order valence-electron chi connectivity index (χ0n) is 8.23. The largest absolute Gasteiger partial charge is 0.303 e. The highest BCUT2D eigenvalue weighted by molar-refractivity contribution is 7.96. The number of fused-ring (bicyclic) bond motifs is 1. The third-order valence-corrected chi connectivity index (χ3v) is 4.53. The molecule has 3 nitrogen and oxygen atoms in total. The number of sulfone groups is 1. The van der Waals surface area contributed by atoms with Gasteiger partial charge in [-0.15, -0.1) is 0 Å². The van der Waals surface area contributed by atoms with Gasteiger partial charge in [-0.05, 0) is 24.1 Å². The molecule has 4 heteroatoms. The average molecular weight is 222 g/mol. The molecule has 1 aromatic carbocycles. The van der Waals surface area contributed by atoms with Crippen LogP contribution in [0, 0.1) is 6.92 Å². The van der Waals surface area contributed by atoms with Gasteiger partial charge >= 0.3 is 0 Å². The number of benzene rings is 1. The van der Waals surface area contributed by atoms with Gasteiger partial charge in [-0.2, -0.15) is 0 Å². The maximum atomic E-state index is 12.0. The lowest BCUT2D eigenvalue weighted by Gasteiger charge is -2.03. The van der Waals surface area contributed by atoms with Gasteiger partial charge in [-0.25, -0.2) is 8.42 Å². The fourth-order valence-electron chi connectivity index (χ4n) is 1.79. The van der Waals surface area contributed by atoms with Crippen molar-refractivity contribution in [2.45, 2.75) is 18.2 Å². The molecule has 0 bridgehead atoms. The van der Waals surface area contributed by atoms with Gasteiger partial charge in [0.2, 0.25) is 9.84 Å². The lowest BCUT2D eigenvalue weighted by molar-refractivity contribution is -0.107. The Hall–Kier alpha value is -1.42. The van der Waals surface area contributed by atoms with Crippen LogP contribution in [0.25, 0.3) is 6.08 Å². The van der Waals surface area contributed by atoms with Crippen LogP contribution >= 0.6 is 0 Å². The number of hydrogen-bond donors (Lipinski definition) is 0. The number of carbonyl (C=O) groups is 1. The lowest BCUT2D eigenvalue weighted by Crippen LogP contribution is -2.03. The molecule has 0 aromatic heterocycles. The van der Waals surface area contributed by atoms with Crippen LogP contribution < -0.4 is 0 Å². The predicted octanol–water partition coefficient (Wildman–Crippen LogP) is 1.71. The molecule has 1 heterocycles. The van der Waals surface area contributed by atoms with Crippen molar-refractivity contribution in [2.75, 3.05) is 0 Å². The van der Waals surface area contributed by atoms with Crippen molar-refractivity contribution >= 4 is 22.2 Å². The third kappa shape index (κ3) is 1.41. The molecule has 1 aliphatic heterocycles. The van der Waals surface area contributed by atoms with Crippen LogP contribution in [0.3, 0.4) is 0 Å². The van der Waals surface area contributed by atoms with Gasteiger partial charge in [0.05, 0.1) is 9.80 Å². The van der Waals surface area contributed by atoms with E-state index in [1.165, 1.54) is 0 Å². The normalized spacial score (nSPS) is 17.0. The molecule has 0 N–H and O–H groups in total. The first kappa shape index (κ1) is 10.1. The van der Waals surface area contributed by atoms with Crippen molar-refractivity contribution < 1.29 is 13.2 Å². The van der Waals surface area contributed by atoms with Crippen molar-refractivity contribution in [2.24, 2.45) is 0 Å². The summed E-state index contributed by atoms with van der Waals surface area (Å²) in [6, 6.07) is 5.32. The van der Waals surface area contributed by atoms with E-state index in [0.29, 0.717) is 16.7 Å². The Morgan fingerprint density at radius 1 is 1.33 bits per heavy atom. The molecule has 0 unspecified atom stereocenters. The van der Waals surface area contributed by atoms with Crippen LogP contribution in [0.5, 0.6) is 0 Å². The van der Waals surface area contributed by atoms with Gasteiger partial charge in [-0.3, -0.25) is 0 Å². The van der Waals surface area contributed by atoms with Crippen LogP contribution in [-0.2, 0) is 14.6 Å². The van der Waals surface area contributed by atoms with E-state index in [2.05, 4.69) is 0 Å². The Kier molecular flexibility index (Phi) is 2.23. The molecule has 0 radical (unpaired) electrons. The highest BCUT2D eigenvalue weighted by atomic mass is 32.2. The van der Waals surface area contributed by atoms with Crippen molar-refractivity contribution in [3.63, 3.8) is 0 Å². The van der Waals surface area contributed by atoms with Crippen molar-refractivity contribution in [1.82, 2.24) is 0 Å². The summed E-state index contributed by atoms with van der Waals surface area (Å²) in [7, 11) is -3.41. The summed E-state index contributed by atoms with van der Waals surface area (Å²) >= 11 is 0. The summed E-state index contributed by atoms with van der Waals surface area (Å²) in [6.45, 7) is 1.76. The van der Waals surface area contributed by atoms with E-state index in [9.17, 15) is 13.2 Å². The van der Waals surface area contributed by atoms with E-state index in [0.717, 1.165) is 5.56 Å². The van der Waals surface area contributed by atoms with Gasteiger partial charge in [0.1, 0.15) is 6.29 Å². The van der Waals surface area contributed by atoms with Crippen molar-refractivity contribution in [1.29, 1.82) is 0 Å². The molecule has 0 aliphatic carbocycles. The summed E-state index contributed by atoms with van der Waals surface area (Å²) < 4.78 is 23.9. The molecule has 15 heavy (non-hydrogen) atoms. The fourth-order valence-corrected chi connectivity index (χ4v) is 3.55. The molecule has 0 fully saturated rings. The van der Waals surface area contributed by atoms with E-state index in [1.807, 2.05) is 6.07 Å². The quantitative estimate of drug-likeness (QED) is 0.716. The minimum atomic E-state index is -3.41. The Balaban J connectivity index is 2.68. The second-order valence-electron chi connectivity index (χ2n) is 3.48. The molecule has 78 valence electrons. The standard InChI is InChI=1S/C11H10O3S/c1-8-3-2-4-9-7-10(5-6-12)15(13,14)11(8)9/h2-4,6-7H,5H2,1H3. The molecule has 0 saturated heterocycles. The highest BCUT2D eigenvalue weighted by Crippen LogP contribution is 2.35. The van der Waals surface area contributed by atoms with Crippen LogP contribution in [0.1, 0.15) is 17.5 Å². The Labute approximate surface area is 88.3 Å². The number of aryl methyl sites for hydroxylation is 1. The number of allylic oxidation sites excluding steroid dienone is 1. The van der Waals surface area contributed by atoms with Gasteiger partial charge < -0.3 is 4.79 Å². The van der Waals surface area contributed by atoms with E-state index in [-0.39, 0.29) is 11.3 Å². The average Bonchev–Trinajstić information content (AvgIpc) is 2.40. The Morgan fingerprint density at radius 3 is 2.67 bits per heavy atom. The monoisotopic (exact) mass is 222 g/mol. The topological polar surface area (TPSA) is 51.2 Å². The van der Waals surface area contributed by atoms with Gasteiger partial charge in [-0.1, -0.05) is 18.2 Å². The van der Waals surface area contributed by atoms with Crippen LogP contribution in [0.4, 0.5) is 0 Å². The van der Waals surface area contributed by atoms with Gasteiger partial charge in [0, 0.05) is 6.42 Å². The van der Waals surface area contributed by atoms with Gasteiger partial charge in [0.15, 0.2) is 0 Å². The van der Waals surface area contributed by atoms with Crippen LogP contribution in [0.15, 0.2) is 28.0 Å². The van der Waals surface area contributed by atoms with E-state index >= 15 is 0 Å². The first-order chi connectivity index (χ1) is 7.07. The third-order valence-electron chi connectivity index (χ3n) is 2.46. The number of hydrogen-bond acceptors (Lipinski definition) is 3. The summed E-state index contributed by atoms with van der Waals surface area (Å²) in [6.07, 6.45) is 2.15. The molecular weight excluding hydrogens is 212 g/mol. The van der Waals surface area contributed by atoms with E-state index in [4.69, 9.17) is 0 Å². The lowest BCUT2D eigenvalue weighted by atomic mass is 10.1. The molecular formula is C11H10O3S. The van der Waals surface area contributed by atoms with E-state index in [1.54, 1.807) is 25.1 Å². The van der Waals surface area contributed by atoms with E-state index < -0.39 is 9.84 Å². The van der Waals surface area contributed by atoms with Crippen LogP contribution in [-0.4, -0.2) is 14.7 Å². The molecule has 1 aromatic rings.